The first-order chi connectivity index (χ1) is 11.6. The number of hydrogen-bond donors (Lipinski definition) is 1. The summed E-state index contributed by atoms with van der Waals surface area (Å²) in [5, 5.41) is 11.9. The monoisotopic (exact) mass is 346 g/mol. The molecule has 24 heavy (non-hydrogen) atoms. The maximum Gasteiger partial charge on any atom is 0.253 e. The Labute approximate surface area is 145 Å². The first-order valence-electron chi connectivity index (χ1n) is 8.17. The highest BCUT2D eigenvalue weighted by atomic mass is 32.1. The van der Waals surface area contributed by atoms with E-state index in [0.717, 1.165) is 25.0 Å². The van der Waals surface area contributed by atoms with Crippen molar-refractivity contribution in [3.05, 3.63) is 46.4 Å². The van der Waals surface area contributed by atoms with Gasteiger partial charge in [0.15, 0.2) is 0 Å². The third kappa shape index (κ3) is 4.13. The standard InChI is InChI=1S/C18H22N2O3S/c1-20(9-14-5-3-7-17(14)21)18(22)13-4-2-6-16(8-13)23-10-15-11-24-12-19-15/h2,4,6,8,11-12,14,17,21H,3,5,7,9-10H2,1H3. The molecule has 1 amide bonds. The second-order valence-corrected chi connectivity index (χ2v) is 6.96. The molecule has 3 rings (SSSR count). The van der Waals surface area contributed by atoms with E-state index < -0.39 is 0 Å². The van der Waals surface area contributed by atoms with Gasteiger partial charge < -0.3 is 14.7 Å². The van der Waals surface area contributed by atoms with Crippen LogP contribution in [0.1, 0.15) is 35.3 Å². The van der Waals surface area contributed by atoms with Crippen LogP contribution in [0.25, 0.3) is 0 Å². The molecule has 5 nitrogen and oxygen atoms in total. The van der Waals surface area contributed by atoms with Gasteiger partial charge in [0, 0.05) is 30.5 Å². The van der Waals surface area contributed by atoms with Crippen LogP contribution in [0.2, 0.25) is 0 Å². The number of rotatable bonds is 6. The topological polar surface area (TPSA) is 62.7 Å². The molecule has 1 N–H and O–H groups in total. The molecule has 128 valence electrons. The molecule has 1 saturated carbocycles. The molecule has 0 bridgehead atoms. The third-order valence-electron chi connectivity index (χ3n) is 4.43. The minimum atomic E-state index is -0.284. The maximum absolute atomic E-state index is 12.6. The maximum atomic E-state index is 12.6. The van der Waals surface area contributed by atoms with E-state index in [2.05, 4.69) is 4.98 Å². The number of carbonyl (C=O) groups is 1. The summed E-state index contributed by atoms with van der Waals surface area (Å²) in [6.07, 6.45) is 2.57. The van der Waals surface area contributed by atoms with Gasteiger partial charge in [-0.25, -0.2) is 4.98 Å². The lowest BCUT2D eigenvalue weighted by atomic mass is 10.1. The summed E-state index contributed by atoms with van der Waals surface area (Å²) in [5.41, 5.74) is 3.25. The van der Waals surface area contributed by atoms with Crippen LogP contribution in [0, 0.1) is 5.92 Å². The highest BCUT2D eigenvalue weighted by Gasteiger charge is 2.27. The summed E-state index contributed by atoms with van der Waals surface area (Å²) >= 11 is 1.53. The van der Waals surface area contributed by atoms with E-state index in [-0.39, 0.29) is 17.9 Å². The molecule has 2 unspecified atom stereocenters. The van der Waals surface area contributed by atoms with Crippen molar-refractivity contribution in [1.29, 1.82) is 0 Å². The molecular weight excluding hydrogens is 324 g/mol. The van der Waals surface area contributed by atoms with Crippen LogP contribution in [-0.2, 0) is 6.61 Å². The number of aliphatic hydroxyl groups excluding tert-OH is 1. The molecule has 1 aromatic heterocycles. The van der Waals surface area contributed by atoms with Gasteiger partial charge in [0.1, 0.15) is 12.4 Å². The van der Waals surface area contributed by atoms with E-state index in [1.165, 1.54) is 11.3 Å². The van der Waals surface area contributed by atoms with Crippen LogP contribution in [-0.4, -0.2) is 40.6 Å². The third-order valence-corrected chi connectivity index (χ3v) is 5.06. The molecule has 0 saturated heterocycles. The molecule has 0 radical (unpaired) electrons. The van der Waals surface area contributed by atoms with Crippen molar-refractivity contribution in [1.82, 2.24) is 9.88 Å². The average molecular weight is 346 g/mol. The molecule has 1 aliphatic rings. The van der Waals surface area contributed by atoms with Crippen LogP contribution < -0.4 is 4.74 Å². The van der Waals surface area contributed by atoms with Crippen LogP contribution in [0.15, 0.2) is 35.2 Å². The van der Waals surface area contributed by atoms with Crippen LogP contribution in [0.3, 0.4) is 0 Å². The summed E-state index contributed by atoms with van der Waals surface area (Å²) in [7, 11) is 1.79. The van der Waals surface area contributed by atoms with Crippen molar-refractivity contribution in [3.8, 4) is 5.75 Å². The number of hydrogen-bond acceptors (Lipinski definition) is 5. The Morgan fingerprint density at radius 3 is 3.04 bits per heavy atom. The van der Waals surface area contributed by atoms with Crippen LogP contribution in [0.4, 0.5) is 0 Å². The van der Waals surface area contributed by atoms with Crippen LogP contribution in [0.5, 0.6) is 5.75 Å². The minimum absolute atomic E-state index is 0.0480. The molecule has 0 spiro atoms. The van der Waals surface area contributed by atoms with Gasteiger partial charge in [-0.3, -0.25) is 4.79 Å². The molecule has 1 heterocycles. The van der Waals surface area contributed by atoms with E-state index in [1.54, 1.807) is 29.6 Å². The zero-order chi connectivity index (χ0) is 16.9. The highest BCUT2D eigenvalue weighted by molar-refractivity contribution is 7.07. The van der Waals surface area contributed by atoms with Gasteiger partial charge in [0.25, 0.3) is 5.91 Å². The summed E-state index contributed by atoms with van der Waals surface area (Å²) in [4.78, 5) is 18.5. The van der Waals surface area contributed by atoms with Gasteiger partial charge in [-0.05, 0) is 31.0 Å². The van der Waals surface area contributed by atoms with E-state index in [1.807, 2.05) is 17.5 Å². The predicted molar refractivity (Wildman–Crippen MR) is 93.2 cm³/mol. The second-order valence-electron chi connectivity index (χ2n) is 6.24. The number of aliphatic hydroxyl groups is 1. The average Bonchev–Trinajstić information content (AvgIpc) is 3.25. The first kappa shape index (κ1) is 16.9. The Balaban J connectivity index is 1.60. The molecule has 2 aromatic rings. The van der Waals surface area contributed by atoms with E-state index in [4.69, 9.17) is 4.74 Å². The summed E-state index contributed by atoms with van der Waals surface area (Å²) in [6, 6.07) is 7.21. The fourth-order valence-electron chi connectivity index (χ4n) is 3.07. The Bertz CT molecular complexity index is 675. The Morgan fingerprint density at radius 2 is 2.33 bits per heavy atom. The molecule has 1 aromatic carbocycles. The fraction of sp³-hybridized carbons (Fsp3) is 0.444. The van der Waals surface area contributed by atoms with Crippen molar-refractivity contribution in [2.45, 2.75) is 32.0 Å². The zero-order valence-corrected chi connectivity index (χ0v) is 14.5. The molecule has 1 aliphatic carbocycles. The SMILES string of the molecule is CN(CC1CCCC1O)C(=O)c1cccc(OCc2cscn2)c1. The number of thiazole rings is 1. The lowest BCUT2D eigenvalue weighted by Crippen LogP contribution is -2.34. The summed E-state index contributed by atoms with van der Waals surface area (Å²) < 4.78 is 5.70. The van der Waals surface area contributed by atoms with Crippen molar-refractivity contribution in [2.75, 3.05) is 13.6 Å². The summed E-state index contributed by atoms with van der Waals surface area (Å²) in [5.74, 6) is 0.791. The lowest BCUT2D eigenvalue weighted by Gasteiger charge is -2.23. The largest absolute Gasteiger partial charge is 0.487 e. The number of carbonyl (C=O) groups excluding carboxylic acids is 1. The van der Waals surface area contributed by atoms with Crippen molar-refractivity contribution < 1.29 is 14.6 Å². The predicted octanol–water partition coefficient (Wildman–Crippen LogP) is 2.96. The van der Waals surface area contributed by atoms with Crippen LogP contribution >= 0.6 is 11.3 Å². The first-order valence-corrected chi connectivity index (χ1v) is 9.11. The number of benzene rings is 1. The second kappa shape index (κ2) is 7.77. The Hall–Kier alpha value is -1.92. The van der Waals surface area contributed by atoms with Gasteiger partial charge >= 0.3 is 0 Å². The van der Waals surface area contributed by atoms with E-state index >= 15 is 0 Å². The molecule has 6 heteroatoms. The highest BCUT2D eigenvalue weighted by Crippen LogP contribution is 2.26. The number of ether oxygens (including phenoxy) is 1. The number of amides is 1. The molecule has 0 aliphatic heterocycles. The molecular formula is C18H22N2O3S. The Kier molecular flexibility index (Phi) is 5.48. The van der Waals surface area contributed by atoms with Gasteiger partial charge in [-0.1, -0.05) is 12.5 Å². The normalized spacial score (nSPS) is 20.1. The minimum Gasteiger partial charge on any atom is -0.487 e. The number of aromatic nitrogens is 1. The Morgan fingerprint density at radius 1 is 1.46 bits per heavy atom. The molecule has 1 fully saturated rings. The van der Waals surface area contributed by atoms with E-state index in [0.29, 0.717) is 24.5 Å². The number of nitrogens with zero attached hydrogens (tertiary/aromatic N) is 2. The fourth-order valence-corrected chi connectivity index (χ4v) is 3.61. The molecule has 2 atom stereocenters. The van der Waals surface area contributed by atoms with E-state index in [9.17, 15) is 9.90 Å². The quantitative estimate of drug-likeness (QED) is 0.873. The summed E-state index contributed by atoms with van der Waals surface area (Å²) in [6.45, 7) is 0.981. The van der Waals surface area contributed by atoms with Crippen molar-refractivity contribution >= 4 is 17.2 Å². The van der Waals surface area contributed by atoms with Crippen molar-refractivity contribution in [3.63, 3.8) is 0 Å². The smallest absolute Gasteiger partial charge is 0.253 e. The van der Waals surface area contributed by atoms with Crippen molar-refractivity contribution in [2.24, 2.45) is 5.92 Å². The van der Waals surface area contributed by atoms with Gasteiger partial charge in [0.2, 0.25) is 0 Å². The zero-order valence-electron chi connectivity index (χ0n) is 13.7. The van der Waals surface area contributed by atoms with Gasteiger partial charge in [0.05, 0.1) is 17.3 Å². The van der Waals surface area contributed by atoms with Gasteiger partial charge in [-0.2, -0.15) is 0 Å². The lowest BCUT2D eigenvalue weighted by molar-refractivity contribution is 0.0693. The van der Waals surface area contributed by atoms with Gasteiger partial charge in [-0.15, -0.1) is 11.3 Å².